The summed E-state index contributed by atoms with van der Waals surface area (Å²) in [6.45, 7) is 2.35. The van der Waals surface area contributed by atoms with Gasteiger partial charge in [-0.2, -0.15) is 0 Å². The van der Waals surface area contributed by atoms with Crippen LogP contribution in [0.1, 0.15) is 21.9 Å². The average molecular weight is 393 g/mol. The van der Waals surface area contributed by atoms with Crippen LogP contribution in [0.4, 0.5) is 21.6 Å². The van der Waals surface area contributed by atoms with Gasteiger partial charge in [0.1, 0.15) is 23.2 Å². The maximum Gasteiger partial charge on any atom is 0.274 e. The van der Waals surface area contributed by atoms with Crippen LogP contribution in [0.5, 0.6) is 0 Å². The van der Waals surface area contributed by atoms with Crippen LogP contribution in [0.15, 0.2) is 54.6 Å². The Morgan fingerprint density at radius 2 is 1.72 bits per heavy atom. The molecule has 0 unspecified atom stereocenters. The van der Waals surface area contributed by atoms with Crippen LogP contribution in [-0.4, -0.2) is 36.5 Å². The molecule has 1 heterocycles. The Bertz CT molecular complexity index is 971. The minimum absolute atomic E-state index is 0.250. The van der Waals surface area contributed by atoms with Crippen LogP contribution in [0.3, 0.4) is 0 Å². The molecule has 0 aliphatic heterocycles. The highest BCUT2D eigenvalue weighted by Crippen LogP contribution is 2.17. The Morgan fingerprint density at radius 1 is 1.03 bits per heavy atom. The number of aryl methyl sites for hydroxylation is 1. The van der Waals surface area contributed by atoms with Crippen molar-refractivity contribution in [3.05, 3.63) is 77.5 Å². The van der Waals surface area contributed by atoms with Crippen LogP contribution in [-0.2, 0) is 6.42 Å². The van der Waals surface area contributed by atoms with Crippen molar-refractivity contribution in [3.8, 4) is 0 Å². The Labute approximate surface area is 169 Å². The molecule has 0 saturated carbocycles. The smallest absolute Gasteiger partial charge is 0.274 e. The Hall–Kier alpha value is -3.48. The van der Waals surface area contributed by atoms with Crippen molar-refractivity contribution in [2.75, 3.05) is 36.2 Å². The molecule has 0 atom stereocenters. The highest BCUT2D eigenvalue weighted by atomic mass is 19.1. The van der Waals surface area contributed by atoms with E-state index in [1.54, 1.807) is 25.1 Å². The molecule has 2 N–H and O–H groups in total. The van der Waals surface area contributed by atoms with Crippen molar-refractivity contribution in [3.63, 3.8) is 0 Å². The number of amides is 1. The predicted molar refractivity (Wildman–Crippen MR) is 114 cm³/mol. The first-order chi connectivity index (χ1) is 13.9. The quantitative estimate of drug-likeness (QED) is 0.637. The van der Waals surface area contributed by atoms with Gasteiger partial charge in [-0.3, -0.25) is 4.79 Å². The van der Waals surface area contributed by atoms with E-state index < -0.39 is 0 Å². The first-order valence-electron chi connectivity index (χ1n) is 9.33. The van der Waals surface area contributed by atoms with Crippen molar-refractivity contribution in [1.82, 2.24) is 9.97 Å². The standard InChI is InChI=1S/C22H24FN5O/c1-15-25-20(22(29)27-18-8-10-19(11-9-18)28(2)3)14-21(26-15)24-13-12-16-4-6-17(23)7-5-16/h4-11,14H,12-13H2,1-3H3,(H,27,29)(H,24,25,26). The van der Waals surface area contributed by atoms with E-state index in [2.05, 4.69) is 20.6 Å². The molecule has 0 aliphatic rings. The minimum atomic E-state index is -0.297. The van der Waals surface area contributed by atoms with E-state index in [0.717, 1.165) is 11.3 Å². The number of nitrogens with one attached hydrogen (secondary N) is 2. The molecule has 0 bridgehead atoms. The van der Waals surface area contributed by atoms with Gasteiger partial charge in [0, 0.05) is 38.1 Å². The van der Waals surface area contributed by atoms with Gasteiger partial charge < -0.3 is 15.5 Å². The molecule has 0 saturated heterocycles. The first-order valence-corrected chi connectivity index (χ1v) is 9.33. The summed E-state index contributed by atoms with van der Waals surface area (Å²) in [5.41, 5.74) is 3.05. The molecular weight excluding hydrogens is 369 g/mol. The summed E-state index contributed by atoms with van der Waals surface area (Å²) in [5.74, 6) is 0.535. The lowest BCUT2D eigenvalue weighted by molar-refractivity contribution is 0.102. The summed E-state index contributed by atoms with van der Waals surface area (Å²) in [5, 5.41) is 6.05. The van der Waals surface area contributed by atoms with Crippen molar-refractivity contribution in [2.24, 2.45) is 0 Å². The number of hydrogen-bond acceptors (Lipinski definition) is 5. The minimum Gasteiger partial charge on any atom is -0.378 e. The van der Waals surface area contributed by atoms with Crippen LogP contribution >= 0.6 is 0 Å². The largest absolute Gasteiger partial charge is 0.378 e. The lowest BCUT2D eigenvalue weighted by Crippen LogP contribution is -2.16. The average Bonchev–Trinajstić information content (AvgIpc) is 2.69. The van der Waals surface area contributed by atoms with Gasteiger partial charge in [-0.05, 0) is 55.3 Å². The highest BCUT2D eigenvalue weighted by Gasteiger charge is 2.11. The number of rotatable bonds is 7. The number of hydrogen-bond donors (Lipinski definition) is 2. The molecular formula is C22H24FN5O. The summed E-state index contributed by atoms with van der Waals surface area (Å²) in [4.78, 5) is 23.1. The second kappa shape index (κ2) is 9.14. The van der Waals surface area contributed by atoms with Crippen LogP contribution in [0, 0.1) is 12.7 Å². The van der Waals surface area contributed by atoms with E-state index in [1.807, 2.05) is 43.3 Å². The SMILES string of the molecule is Cc1nc(NCCc2ccc(F)cc2)cc(C(=O)Nc2ccc(N(C)C)cc2)n1. The van der Waals surface area contributed by atoms with E-state index in [4.69, 9.17) is 0 Å². The zero-order valence-corrected chi connectivity index (χ0v) is 16.7. The van der Waals surface area contributed by atoms with Crippen molar-refractivity contribution < 1.29 is 9.18 Å². The van der Waals surface area contributed by atoms with Gasteiger partial charge in [0.2, 0.25) is 0 Å². The fourth-order valence-electron chi connectivity index (χ4n) is 2.80. The van der Waals surface area contributed by atoms with Gasteiger partial charge in [-0.15, -0.1) is 0 Å². The van der Waals surface area contributed by atoms with E-state index in [1.165, 1.54) is 12.1 Å². The number of nitrogens with zero attached hydrogens (tertiary/aromatic N) is 3. The number of aromatic nitrogens is 2. The van der Waals surface area contributed by atoms with Gasteiger partial charge >= 0.3 is 0 Å². The van der Waals surface area contributed by atoms with Crippen LogP contribution in [0.25, 0.3) is 0 Å². The Balaban J connectivity index is 1.62. The predicted octanol–water partition coefficient (Wildman–Crippen LogP) is 3.90. The molecule has 150 valence electrons. The monoisotopic (exact) mass is 393 g/mol. The molecule has 7 heteroatoms. The fraction of sp³-hybridized carbons (Fsp3) is 0.227. The van der Waals surface area contributed by atoms with Gasteiger partial charge in [0.05, 0.1) is 0 Å². The summed E-state index contributed by atoms with van der Waals surface area (Å²) in [7, 11) is 3.92. The molecule has 2 aromatic carbocycles. The molecule has 3 aromatic rings. The van der Waals surface area contributed by atoms with Gasteiger partial charge in [-0.1, -0.05) is 12.1 Å². The molecule has 0 fully saturated rings. The lowest BCUT2D eigenvalue weighted by Gasteiger charge is -2.13. The molecule has 6 nitrogen and oxygen atoms in total. The number of carbonyl (C=O) groups is 1. The summed E-state index contributed by atoms with van der Waals surface area (Å²) in [6, 6.07) is 15.6. The molecule has 0 aliphatic carbocycles. The highest BCUT2D eigenvalue weighted by molar-refractivity contribution is 6.03. The second-order valence-electron chi connectivity index (χ2n) is 6.88. The summed E-state index contributed by atoms with van der Waals surface area (Å²) < 4.78 is 13.0. The topological polar surface area (TPSA) is 70.2 Å². The summed E-state index contributed by atoms with van der Waals surface area (Å²) >= 11 is 0. The number of halogens is 1. The molecule has 3 rings (SSSR count). The van der Waals surface area contributed by atoms with Crippen molar-refractivity contribution in [1.29, 1.82) is 0 Å². The number of benzene rings is 2. The molecule has 0 spiro atoms. The van der Waals surface area contributed by atoms with Crippen LogP contribution < -0.4 is 15.5 Å². The van der Waals surface area contributed by atoms with E-state index in [9.17, 15) is 9.18 Å². The van der Waals surface area contributed by atoms with Crippen molar-refractivity contribution in [2.45, 2.75) is 13.3 Å². The molecule has 1 aromatic heterocycles. The Morgan fingerprint density at radius 3 is 2.38 bits per heavy atom. The number of anilines is 3. The maximum absolute atomic E-state index is 13.0. The lowest BCUT2D eigenvalue weighted by atomic mass is 10.1. The van der Waals surface area contributed by atoms with Gasteiger partial charge in [-0.25, -0.2) is 14.4 Å². The van der Waals surface area contributed by atoms with Crippen molar-refractivity contribution >= 4 is 23.1 Å². The maximum atomic E-state index is 13.0. The summed E-state index contributed by atoms with van der Waals surface area (Å²) in [6.07, 6.45) is 0.711. The van der Waals surface area contributed by atoms with Gasteiger partial charge in [0.15, 0.2) is 0 Å². The van der Waals surface area contributed by atoms with Crippen LogP contribution in [0.2, 0.25) is 0 Å². The Kier molecular flexibility index (Phi) is 6.39. The third-order valence-corrected chi connectivity index (χ3v) is 4.35. The molecule has 0 radical (unpaired) electrons. The van der Waals surface area contributed by atoms with Gasteiger partial charge in [0.25, 0.3) is 5.91 Å². The first kappa shape index (κ1) is 20.3. The van der Waals surface area contributed by atoms with E-state index >= 15 is 0 Å². The van der Waals surface area contributed by atoms with E-state index in [-0.39, 0.29) is 11.7 Å². The molecule has 1 amide bonds. The normalized spacial score (nSPS) is 10.5. The zero-order valence-electron chi connectivity index (χ0n) is 16.7. The second-order valence-corrected chi connectivity index (χ2v) is 6.88. The third-order valence-electron chi connectivity index (χ3n) is 4.35. The molecule has 29 heavy (non-hydrogen) atoms. The fourth-order valence-corrected chi connectivity index (χ4v) is 2.80. The van der Waals surface area contributed by atoms with E-state index in [0.29, 0.717) is 36.0 Å². The third kappa shape index (κ3) is 5.75. The number of carbonyl (C=O) groups excluding carboxylic acids is 1. The zero-order chi connectivity index (χ0) is 20.8.